The van der Waals surface area contributed by atoms with Crippen LogP contribution >= 0.6 is 0 Å². The van der Waals surface area contributed by atoms with Gasteiger partial charge in [-0.25, -0.2) is 0 Å². The van der Waals surface area contributed by atoms with Gasteiger partial charge in [0.25, 0.3) is 0 Å². The zero-order valence-electron chi connectivity index (χ0n) is 17.4. The Labute approximate surface area is 151 Å². The molecule has 4 nitrogen and oxygen atoms in total. The zero-order chi connectivity index (χ0) is 18.0. The number of hydrogen-bond acceptors (Lipinski definition) is 4. The minimum absolute atomic E-state index is 0.535. The van der Waals surface area contributed by atoms with Crippen molar-refractivity contribution < 1.29 is 0 Å². The predicted octanol–water partition coefficient (Wildman–Crippen LogP) is 2.75. The summed E-state index contributed by atoms with van der Waals surface area (Å²) >= 11 is 0. The zero-order valence-corrected chi connectivity index (χ0v) is 17.4. The van der Waals surface area contributed by atoms with Gasteiger partial charge in [0, 0.05) is 57.9 Å². The summed E-state index contributed by atoms with van der Waals surface area (Å²) in [6.45, 7) is 22.1. The van der Waals surface area contributed by atoms with Crippen LogP contribution in [0.5, 0.6) is 0 Å². The topological polar surface area (TPSA) is 21.8 Å². The van der Waals surface area contributed by atoms with E-state index in [1.54, 1.807) is 0 Å². The third-order valence-corrected chi connectivity index (χ3v) is 5.43. The summed E-state index contributed by atoms with van der Waals surface area (Å²) in [6.07, 6.45) is 4.24. The summed E-state index contributed by atoms with van der Waals surface area (Å²) in [5.74, 6) is 0.815. The van der Waals surface area contributed by atoms with Crippen molar-refractivity contribution in [3.63, 3.8) is 0 Å². The van der Waals surface area contributed by atoms with Crippen molar-refractivity contribution in [2.45, 2.75) is 59.4 Å². The molecule has 0 bridgehead atoms. The number of nitrogens with one attached hydrogen (secondary N) is 1. The van der Waals surface area contributed by atoms with Crippen LogP contribution in [-0.2, 0) is 0 Å². The van der Waals surface area contributed by atoms with Crippen LogP contribution in [0.4, 0.5) is 0 Å². The van der Waals surface area contributed by atoms with Crippen molar-refractivity contribution in [2.75, 3.05) is 66.0 Å². The smallest absolute Gasteiger partial charge is 0.0309 e. The Morgan fingerprint density at radius 2 is 1.58 bits per heavy atom. The van der Waals surface area contributed by atoms with Crippen LogP contribution in [0.25, 0.3) is 0 Å². The van der Waals surface area contributed by atoms with Crippen molar-refractivity contribution in [1.82, 2.24) is 20.0 Å². The first-order valence-corrected chi connectivity index (χ1v) is 10.4. The quantitative estimate of drug-likeness (QED) is 0.853. The Hall–Kier alpha value is -0.160. The van der Waals surface area contributed by atoms with Crippen molar-refractivity contribution in [1.29, 1.82) is 0 Å². The van der Waals surface area contributed by atoms with Crippen LogP contribution in [0.2, 0.25) is 0 Å². The molecule has 0 aromatic rings. The van der Waals surface area contributed by atoms with E-state index in [9.17, 15) is 0 Å². The van der Waals surface area contributed by atoms with E-state index in [0.29, 0.717) is 5.54 Å². The summed E-state index contributed by atoms with van der Waals surface area (Å²) in [7, 11) is 2.19. The molecule has 24 heavy (non-hydrogen) atoms. The van der Waals surface area contributed by atoms with E-state index in [1.807, 2.05) is 13.8 Å². The Morgan fingerprint density at radius 3 is 2.04 bits per heavy atom. The van der Waals surface area contributed by atoms with E-state index in [0.717, 1.165) is 5.92 Å². The van der Waals surface area contributed by atoms with E-state index in [-0.39, 0.29) is 0 Å². The van der Waals surface area contributed by atoms with Crippen molar-refractivity contribution in [3.05, 3.63) is 0 Å². The number of piperazine rings is 2. The molecule has 3 aliphatic rings. The third-order valence-electron chi connectivity index (χ3n) is 5.43. The highest BCUT2D eigenvalue weighted by atomic mass is 15.2. The summed E-state index contributed by atoms with van der Waals surface area (Å²) < 4.78 is 0. The van der Waals surface area contributed by atoms with E-state index in [4.69, 9.17) is 0 Å². The normalized spacial score (nSPS) is 24.6. The number of likely N-dealkylation sites (N-methyl/N-ethyl adjacent to an activating group) is 2. The highest BCUT2D eigenvalue weighted by Crippen LogP contribution is 2.34. The molecule has 1 aliphatic carbocycles. The maximum atomic E-state index is 3.69. The average Bonchev–Trinajstić information content (AvgIpc) is 2.56. The molecule has 1 N–H and O–H groups in total. The molecule has 0 aromatic heterocycles. The largest absolute Gasteiger partial charge is 0.309 e. The Morgan fingerprint density at radius 1 is 0.958 bits per heavy atom. The van der Waals surface area contributed by atoms with Crippen LogP contribution in [0, 0.1) is 5.92 Å². The molecule has 0 aromatic carbocycles. The lowest BCUT2D eigenvalue weighted by Crippen LogP contribution is -2.64. The molecular formula is C20H44N4. The standard InChI is InChI=1S/C11H22N2.C7H16N2.C2H6/c1-10(2)8-13-7-6-12-11(9-13)4-3-5-11;1-3-9-6-4-8(2)5-7-9;1-2/h10,12H,3-9H2,1-2H3;3-7H2,1-2H3;1-2H3. The minimum Gasteiger partial charge on any atom is -0.309 e. The van der Waals surface area contributed by atoms with Gasteiger partial charge in [0.2, 0.25) is 0 Å². The SMILES string of the molecule is CC.CC(C)CN1CCNC2(CCC2)C1.CCN1CCN(C)CC1. The first-order valence-electron chi connectivity index (χ1n) is 10.4. The Kier molecular flexibility index (Phi) is 10.4. The van der Waals surface area contributed by atoms with Crippen LogP contribution < -0.4 is 5.32 Å². The number of rotatable bonds is 3. The first-order chi connectivity index (χ1) is 11.5. The van der Waals surface area contributed by atoms with E-state index >= 15 is 0 Å². The molecule has 4 heteroatoms. The summed E-state index contributed by atoms with van der Waals surface area (Å²) in [5, 5.41) is 3.69. The van der Waals surface area contributed by atoms with E-state index in [2.05, 4.69) is 47.8 Å². The lowest BCUT2D eigenvalue weighted by Gasteiger charge is -2.50. The minimum atomic E-state index is 0.535. The first kappa shape index (κ1) is 21.9. The highest BCUT2D eigenvalue weighted by molar-refractivity contribution is 5.00. The Balaban J connectivity index is 0.000000230. The molecule has 0 unspecified atom stereocenters. The van der Waals surface area contributed by atoms with Gasteiger partial charge in [-0.2, -0.15) is 0 Å². The third kappa shape index (κ3) is 7.38. The van der Waals surface area contributed by atoms with Gasteiger partial charge in [-0.05, 0) is 38.8 Å². The maximum Gasteiger partial charge on any atom is 0.0309 e. The van der Waals surface area contributed by atoms with Gasteiger partial charge in [0.15, 0.2) is 0 Å². The highest BCUT2D eigenvalue weighted by Gasteiger charge is 2.40. The second-order valence-electron chi connectivity index (χ2n) is 7.93. The monoisotopic (exact) mass is 340 g/mol. The second kappa shape index (κ2) is 11.5. The van der Waals surface area contributed by atoms with Gasteiger partial charge in [-0.15, -0.1) is 0 Å². The number of nitrogens with zero attached hydrogens (tertiary/aromatic N) is 3. The molecule has 0 atom stereocenters. The fourth-order valence-electron chi connectivity index (χ4n) is 3.82. The van der Waals surface area contributed by atoms with Crippen LogP contribution in [-0.4, -0.2) is 86.2 Å². The van der Waals surface area contributed by atoms with Crippen molar-refractivity contribution >= 4 is 0 Å². The fraction of sp³-hybridized carbons (Fsp3) is 1.00. The fourth-order valence-corrected chi connectivity index (χ4v) is 3.82. The molecule has 1 saturated carbocycles. The van der Waals surface area contributed by atoms with E-state index in [1.165, 1.54) is 78.2 Å². The van der Waals surface area contributed by atoms with Gasteiger partial charge < -0.3 is 15.1 Å². The molecule has 3 rings (SSSR count). The van der Waals surface area contributed by atoms with Crippen molar-refractivity contribution in [3.8, 4) is 0 Å². The summed E-state index contributed by atoms with van der Waals surface area (Å²) in [5.41, 5.74) is 0.535. The molecule has 3 fully saturated rings. The summed E-state index contributed by atoms with van der Waals surface area (Å²) in [4.78, 5) is 7.51. The molecular weight excluding hydrogens is 296 g/mol. The molecule has 2 aliphatic heterocycles. The van der Waals surface area contributed by atoms with Crippen LogP contribution in [0.1, 0.15) is 53.9 Å². The lowest BCUT2D eigenvalue weighted by atomic mass is 9.75. The van der Waals surface area contributed by atoms with Gasteiger partial charge in [0.1, 0.15) is 0 Å². The summed E-state index contributed by atoms with van der Waals surface area (Å²) in [6, 6.07) is 0. The van der Waals surface area contributed by atoms with Gasteiger partial charge in [-0.3, -0.25) is 4.90 Å². The van der Waals surface area contributed by atoms with E-state index < -0.39 is 0 Å². The van der Waals surface area contributed by atoms with Crippen molar-refractivity contribution in [2.24, 2.45) is 5.92 Å². The maximum absolute atomic E-state index is 3.69. The second-order valence-corrected chi connectivity index (χ2v) is 7.93. The van der Waals surface area contributed by atoms with Gasteiger partial charge in [-0.1, -0.05) is 34.6 Å². The molecule has 1 spiro atoms. The van der Waals surface area contributed by atoms with Gasteiger partial charge >= 0.3 is 0 Å². The van der Waals surface area contributed by atoms with Gasteiger partial charge in [0.05, 0.1) is 0 Å². The number of hydrogen-bond donors (Lipinski definition) is 1. The van der Waals surface area contributed by atoms with Crippen LogP contribution in [0.15, 0.2) is 0 Å². The molecule has 0 amide bonds. The molecule has 2 saturated heterocycles. The molecule has 144 valence electrons. The van der Waals surface area contributed by atoms with Crippen LogP contribution in [0.3, 0.4) is 0 Å². The average molecular weight is 341 g/mol. The predicted molar refractivity (Wildman–Crippen MR) is 107 cm³/mol. The Bertz CT molecular complexity index is 307. The molecule has 0 radical (unpaired) electrons. The molecule has 2 heterocycles. The lowest BCUT2D eigenvalue weighted by molar-refractivity contribution is 0.0645.